The van der Waals surface area contributed by atoms with Crippen molar-refractivity contribution in [3.05, 3.63) is 70.7 Å². The maximum Gasteiger partial charge on any atom is 0.101 e. The molecule has 164 valence electrons. The quantitative estimate of drug-likeness (QED) is 0.792. The molecule has 1 N–H and O–H groups in total. The van der Waals surface area contributed by atoms with E-state index in [4.69, 9.17) is 0 Å². The lowest BCUT2D eigenvalue weighted by molar-refractivity contribution is 0.274. The Bertz CT molecular complexity index is 1180. The summed E-state index contributed by atoms with van der Waals surface area (Å²) in [6.45, 7) is 7.16. The fourth-order valence-electron chi connectivity index (χ4n) is 5.10. The normalized spacial score (nSPS) is 20.2. The Labute approximate surface area is 190 Å². The van der Waals surface area contributed by atoms with Crippen LogP contribution in [0.1, 0.15) is 18.9 Å². The molecule has 1 aromatic heterocycles. The lowest BCUT2D eigenvalue weighted by Crippen LogP contribution is -2.49. The van der Waals surface area contributed by atoms with Crippen molar-refractivity contribution in [1.82, 2.24) is 20.1 Å². The number of rotatable bonds is 5. The maximum atomic E-state index is 9.50. The van der Waals surface area contributed by atoms with Gasteiger partial charge in [-0.25, -0.2) is 0 Å². The summed E-state index contributed by atoms with van der Waals surface area (Å²) in [6, 6.07) is 10.8. The van der Waals surface area contributed by atoms with Crippen molar-refractivity contribution in [2.24, 2.45) is 0 Å². The largest absolute Gasteiger partial charge is 0.384 e. The van der Waals surface area contributed by atoms with Gasteiger partial charge in [0.25, 0.3) is 0 Å². The summed E-state index contributed by atoms with van der Waals surface area (Å²) in [7, 11) is 4.21. The number of nitriles is 1. The van der Waals surface area contributed by atoms with Crippen LogP contribution in [0.25, 0.3) is 10.9 Å². The van der Waals surface area contributed by atoms with Crippen molar-refractivity contribution in [3.8, 4) is 6.07 Å². The van der Waals surface area contributed by atoms with Gasteiger partial charge in [0.1, 0.15) is 6.07 Å². The zero-order valence-corrected chi connectivity index (χ0v) is 19.1. The monoisotopic (exact) mass is 426 g/mol. The van der Waals surface area contributed by atoms with Crippen LogP contribution in [0.4, 0.5) is 5.69 Å². The zero-order chi connectivity index (χ0) is 22.2. The highest BCUT2D eigenvalue weighted by atomic mass is 15.3. The van der Waals surface area contributed by atoms with Gasteiger partial charge in [-0.15, -0.1) is 0 Å². The van der Waals surface area contributed by atoms with Gasteiger partial charge in [-0.05, 0) is 68.9 Å². The molecule has 1 fully saturated rings. The molecule has 0 spiro atoms. The van der Waals surface area contributed by atoms with E-state index in [1.54, 1.807) is 6.20 Å². The number of pyridine rings is 1. The standard InChI is InChI=1S/C26H30N6/c1-18-15-31(24-9-6-19(14-27)26-23(24)5-4-10-29-26)17-25-22-8-7-21(28-11-12-30(2)3)13-20(22)16-32(18)25/h4-7,9-10,13,18,28H,8,11-12,15-17H2,1-3H3/t18-/m1/s1. The minimum Gasteiger partial charge on any atom is -0.384 e. The van der Waals surface area contributed by atoms with Crippen LogP contribution >= 0.6 is 0 Å². The first-order valence-electron chi connectivity index (χ1n) is 11.4. The summed E-state index contributed by atoms with van der Waals surface area (Å²) < 4.78 is 0. The molecule has 0 unspecified atom stereocenters. The minimum atomic E-state index is 0.422. The van der Waals surface area contributed by atoms with Gasteiger partial charge in [-0.1, -0.05) is 6.08 Å². The summed E-state index contributed by atoms with van der Waals surface area (Å²) in [4.78, 5) is 11.7. The lowest BCUT2D eigenvalue weighted by Gasteiger charge is -2.42. The molecule has 2 aromatic rings. The van der Waals surface area contributed by atoms with E-state index in [0.717, 1.165) is 50.0 Å². The molecule has 5 rings (SSSR count). The number of nitrogens with zero attached hydrogens (tertiary/aromatic N) is 5. The third-order valence-corrected chi connectivity index (χ3v) is 6.73. The Morgan fingerprint density at radius 3 is 2.94 bits per heavy atom. The van der Waals surface area contributed by atoms with Crippen LogP contribution in [0, 0.1) is 11.3 Å². The van der Waals surface area contributed by atoms with Crippen LogP contribution in [0.2, 0.25) is 0 Å². The van der Waals surface area contributed by atoms with Crippen LogP contribution in [0.5, 0.6) is 0 Å². The Morgan fingerprint density at radius 1 is 1.25 bits per heavy atom. The second kappa shape index (κ2) is 8.33. The summed E-state index contributed by atoms with van der Waals surface area (Å²) in [5, 5.41) is 14.1. The molecular weight excluding hydrogens is 396 g/mol. The molecule has 1 aromatic carbocycles. The summed E-state index contributed by atoms with van der Waals surface area (Å²) in [6.07, 6.45) is 7.43. The molecule has 0 amide bonds. The SMILES string of the molecule is C[C@@H]1CN(c2ccc(C#N)c3ncccc23)CC2=C3CC=C(NCCN(C)C)C=C3CN21. The van der Waals surface area contributed by atoms with Crippen molar-refractivity contribution in [3.63, 3.8) is 0 Å². The van der Waals surface area contributed by atoms with E-state index in [0.29, 0.717) is 11.6 Å². The molecule has 6 nitrogen and oxygen atoms in total. The molecule has 0 saturated carbocycles. The Kier molecular flexibility index (Phi) is 5.36. The summed E-state index contributed by atoms with van der Waals surface area (Å²) in [5.41, 5.74) is 8.23. The molecule has 2 aliphatic heterocycles. The molecule has 0 bridgehead atoms. The minimum absolute atomic E-state index is 0.422. The van der Waals surface area contributed by atoms with Gasteiger partial charge in [-0.3, -0.25) is 4.98 Å². The smallest absolute Gasteiger partial charge is 0.101 e. The van der Waals surface area contributed by atoms with Gasteiger partial charge in [-0.2, -0.15) is 5.26 Å². The molecule has 3 aliphatic rings. The first-order chi connectivity index (χ1) is 15.5. The number of likely N-dealkylation sites (N-methyl/N-ethyl adjacent to an activating group) is 1. The number of nitrogens with one attached hydrogen (secondary N) is 1. The number of hydrogen-bond acceptors (Lipinski definition) is 6. The summed E-state index contributed by atoms with van der Waals surface area (Å²) >= 11 is 0. The highest BCUT2D eigenvalue weighted by Crippen LogP contribution is 2.40. The number of piperazine rings is 1. The Hall–Kier alpha value is -3.30. The van der Waals surface area contributed by atoms with Gasteiger partial charge in [0.15, 0.2) is 0 Å². The topological polar surface area (TPSA) is 58.4 Å². The molecule has 1 aliphatic carbocycles. The van der Waals surface area contributed by atoms with E-state index in [2.05, 4.69) is 76.4 Å². The predicted molar refractivity (Wildman–Crippen MR) is 129 cm³/mol. The van der Waals surface area contributed by atoms with Crippen LogP contribution < -0.4 is 10.2 Å². The van der Waals surface area contributed by atoms with Crippen LogP contribution in [-0.4, -0.2) is 67.6 Å². The number of benzene rings is 1. The molecule has 0 radical (unpaired) electrons. The second-order valence-corrected chi connectivity index (χ2v) is 9.19. The van der Waals surface area contributed by atoms with Gasteiger partial charge in [0.05, 0.1) is 17.6 Å². The van der Waals surface area contributed by atoms with E-state index in [1.807, 2.05) is 12.1 Å². The van der Waals surface area contributed by atoms with E-state index in [1.165, 1.54) is 28.2 Å². The molecule has 32 heavy (non-hydrogen) atoms. The number of anilines is 1. The Morgan fingerprint density at radius 2 is 2.12 bits per heavy atom. The fraction of sp³-hybridized carbons (Fsp3) is 0.385. The second-order valence-electron chi connectivity index (χ2n) is 9.19. The van der Waals surface area contributed by atoms with Crippen molar-refractivity contribution in [2.45, 2.75) is 19.4 Å². The van der Waals surface area contributed by atoms with E-state index >= 15 is 0 Å². The highest BCUT2D eigenvalue weighted by Gasteiger charge is 2.36. The molecule has 6 heteroatoms. The van der Waals surface area contributed by atoms with E-state index in [9.17, 15) is 5.26 Å². The molecule has 1 atom stereocenters. The van der Waals surface area contributed by atoms with Crippen molar-refractivity contribution < 1.29 is 0 Å². The zero-order valence-electron chi connectivity index (χ0n) is 19.1. The molecular formula is C26H30N6. The lowest BCUT2D eigenvalue weighted by atomic mass is 9.97. The maximum absolute atomic E-state index is 9.50. The van der Waals surface area contributed by atoms with E-state index < -0.39 is 0 Å². The van der Waals surface area contributed by atoms with Crippen molar-refractivity contribution in [1.29, 1.82) is 5.26 Å². The number of allylic oxidation sites excluding steroid dienone is 2. The number of fused-ring (bicyclic) bond motifs is 3. The molecule has 3 heterocycles. The fourth-order valence-corrected chi connectivity index (χ4v) is 5.10. The van der Waals surface area contributed by atoms with Crippen LogP contribution in [0.15, 0.2) is 65.2 Å². The van der Waals surface area contributed by atoms with Gasteiger partial charge in [0, 0.05) is 60.9 Å². The first-order valence-corrected chi connectivity index (χ1v) is 11.4. The molecule has 1 saturated heterocycles. The number of hydrogen-bond donors (Lipinski definition) is 1. The predicted octanol–water partition coefficient (Wildman–Crippen LogP) is 3.25. The number of aromatic nitrogens is 1. The first kappa shape index (κ1) is 20.6. The van der Waals surface area contributed by atoms with E-state index in [-0.39, 0.29) is 0 Å². The third kappa shape index (κ3) is 3.63. The highest BCUT2D eigenvalue weighted by molar-refractivity contribution is 5.95. The average molecular weight is 427 g/mol. The Balaban J connectivity index is 1.43. The van der Waals surface area contributed by atoms with Crippen LogP contribution in [-0.2, 0) is 0 Å². The van der Waals surface area contributed by atoms with Crippen molar-refractivity contribution >= 4 is 16.6 Å². The average Bonchev–Trinajstić information content (AvgIpc) is 3.16. The van der Waals surface area contributed by atoms with Crippen molar-refractivity contribution in [2.75, 3.05) is 51.7 Å². The van der Waals surface area contributed by atoms with Gasteiger partial charge < -0.3 is 20.0 Å². The van der Waals surface area contributed by atoms with Crippen LogP contribution in [0.3, 0.4) is 0 Å². The van der Waals surface area contributed by atoms with Gasteiger partial charge >= 0.3 is 0 Å². The third-order valence-electron chi connectivity index (χ3n) is 6.73. The summed E-state index contributed by atoms with van der Waals surface area (Å²) in [5.74, 6) is 0. The van der Waals surface area contributed by atoms with Gasteiger partial charge in [0.2, 0.25) is 0 Å².